The zero-order chi connectivity index (χ0) is 12.5. The fraction of sp³-hybridized carbons (Fsp3) is 0. The molecule has 0 aliphatic carbocycles. The lowest BCUT2D eigenvalue weighted by atomic mass is 10.2. The second kappa shape index (κ2) is 6.66. The van der Waals surface area contributed by atoms with Crippen molar-refractivity contribution in [1.29, 1.82) is 10.5 Å². The number of nitriles is 2. The molecule has 0 heterocycles. The third-order valence-corrected chi connectivity index (χ3v) is 1.90. The van der Waals surface area contributed by atoms with Crippen molar-refractivity contribution >= 4 is 0 Å². The van der Waals surface area contributed by atoms with Gasteiger partial charge in [-0.15, -0.1) is 0 Å². The van der Waals surface area contributed by atoms with Crippen molar-refractivity contribution in [2.24, 2.45) is 0 Å². The van der Waals surface area contributed by atoms with Gasteiger partial charge in [-0.2, -0.15) is 10.5 Å². The first-order valence-corrected chi connectivity index (χ1v) is 4.90. The van der Waals surface area contributed by atoms with Gasteiger partial charge in [-0.3, -0.25) is 0 Å². The largest absolute Gasteiger partial charge is 0.508 e. The van der Waals surface area contributed by atoms with Crippen LogP contribution in [-0.4, -0.2) is 5.11 Å². The fourth-order valence-corrected chi connectivity index (χ4v) is 1.05. The topological polar surface area (TPSA) is 67.8 Å². The predicted octanol–water partition coefficient (Wildman–Crippen LogP) is 2.82. The maximum atomic E-state index is 8.74. The maximum absolute atomic E-state index is 8.74. The van der Waals surface area contributed by atoms with Gasteiger partial charge in [0, 0.05) is 0 Å². The molecule has 2 aromatic rings. The van der Waals surface area contributed by atoms with Crippen LogP contribution < -0.4 is 0 Å². The number of phenolic OH excluding ortho intramolecular Hbond substituents is 1. The van der Waals surface area contributed by atoms with Crippen LogP contribution in [-0.2, 0) is 0 Å². The van der Waals surface area contributed by atoms with Crippen molar-refractivity contribution in [2.75, 3.05) is 0 Å². The SMILES string of the molecule is N#Cc1ccc(O)cc1.N#Cc1ccccc1. The predicted molar refractivity (Wildman–Crippen MR) is 64.0 cm³/mol. The molecule has 3 heteroatoms. The summed E-state index contributed by atoms with van der Waals surface area (Å²) in [6.07, 6.45) is 0. The highest BCUT2D eigenvalue weighted by Crippen LogP contribution is 2.07. The molecule has 0 fully saturated rings. The molecule has 3 nitrogen and oxygen atoms in total. The van der Waals surface area contributed by atoms with E-state index in [0.717, 1.165) is 0 Å². The zero-order valence-electron chi connectivity index (χ0n) is 9.04. The van der Waals surface area contributed by atoms with Gasteiger partial charge in [-0.25, -0.2) is 0 Å². The van der Waals surface area contributed by atoms with Crippen molar-refractivity contribution in [1.82, 2.24) is 0 Å². The Hall–Kier alpha value is -2.78. The first kappa shape index (κ1) is 12.3. The minimum atomic E-state index is 0.189. The number of nitrogens with zero attached hydrogens (tertiary/aromatic N) is 2. The minimum Gasteiger partial charge on any atom is -0.508 e. The molecule has 0 aromatic heterocycles. The maximum Gasteiger partial charge on any atom is 0.115 e. The van der Waals surface area contributed by atoms with E-state index in [1.807, 2.05) is 30.3 Å². The number of hydrogen-bond donors (Lipinski definition) is 1. The Morgan fingerprint density at radius 3 is 1.59 bits per heavy atom. The number of phenols is 1. The summed E-state index contributed by atoms with van der Waals surface area (Å²) in [6.45, 7) is 0. The summed E-state index contributed by atoms with van der Waals surface area (Å²) in [6, 6.07) is 19.2. The number of rotatable bonds is 0. The van der Waals surface area contributed by atoms with Crippen molar-refractivity contribution in [2.45, 2.75) is 0 Å². The van der Waals surface area contributed by atoms with Crippen LogP contribution >= 0.6 is 0 Å². The van der Waals surface area contributed by atoms with E-state index in [9.17, 15) is 0 Å². The number of aromatic hydroxyl groups is 1. The summed E-state index contributed by atoms with van der Waals surface area (Å²) in [7, 11) is 0. The summed E-state index contributed by atoms with van der Waals surface area (Å²) < 4.78 is 0. The smallest absolute Gasteiger partial charge is 0.115 e. The van der Waals surface area contributed by atoms with Crippen LogP contribution in [0.25, 0.3) is 0 Å². The van der Waals surface area contributed by atoms with E-state index in [2.05, 4.69) is 0 Å². The van der Waals surface area contributed by atoms with E-state index in [1.165, 1.54) is 12.1 Å². The molecule has 17 heavy (non-hydrogen) atoms. The van der Waals surface area contributed by atoms with Gasteiger partial charge in [0.15, 0.2) is 0 Å². The van der Waals surface area contributed by atoms with E-state index >= 15 is 0 Å². The molecule has 0 unspecified atom stereocenters. The Bertz CT molecular complexity index is 533. The third kappa shape index (κ3) is 4.51. The Morgan fingerprint density at radius 1 is 0.706 bits per heavy atom. The highest BCUT2D eigenvalue weighted by Gasteiger charge is 1.86. The molecule has 82 valence electrons. The van der Waals surface area contributed by atoms with Crippen LogP contribution in [0.3, 0.4) is 0 Å². The molecule has 0 bridgehead atoms. The van der Waals surface area contributed by atoms with Gasteiger partial charge < -0.3 is 5.11 Å². The molecule has 0 atom stereocenters. The molecule has 0 saturated carbocycles. The van der Waals surface area contributed by atoms with Crippen LogP contribution in [0.2, 0.25) is 0 Å². The first-order chi connectivity index (χ1) is 8.26. The van der Waals surface area contributed by atoms with Gasteiger partial charge >= 0.3 is 0 Å². The second-order valence-electron chi connectivity index (χ2n) is 3.14. The summed E-state index contributed by atoms with van der Waals surface area (Å²) in [5.41, 5.74) is 1.28. The van der Waals surface area contributed by atoms with Crippen molar-refractivity contribution in [3.05, 3.63) is 65.7 Å². The van der Waals surface area contributed by atoms with Gasteiger partial charge in [0.2, 0.25) is 0 Å². The lowest BCUT2D eigenvalue weighted by molar-refractivity contribution is 0.475. The van der Waals surface area contributed by atoms with Gasteiger partial charge in [0.1, 0.15) is 5.75 Å². The Balaban J connectivity index is 0.000000171. The summed E-state index contributed by atoms with van der Waals surface area (Å²) in [5, 5.41) is 25.3. The lowest BCUT2D eigenvalue weighted by Gasteiger charge is -1.87. The van der Waals surface area contributed by atoms with Crippen LogP contribution in [0, 0.1) is 22.7 Å². The third-order valence-electron chi connectivity index (χ3n) is 1.90. The van der Waals surface area contributed by atoms with Gasteiger partial charge in [-0.05, 0) is 36.4 Å². The Kier molecular flexibility index (Phi) is 4.81. The Morgan fingerprint density at radius 2 is 1.18 bits per heavy atom. The first-order valence-electron chi connectivity index (χ1n) is 4.90. The zero-order valence-corrected chi connectivity index (χ0v) is 9.04. The van der Waals surface area contributed by atoms with E-state index < -0.39 is 0 Å². The van der Waals surface area contributed by atoms with Crippen LogP contribution in [0.15, 0.2) is 54.6 Å². The average molecular weight is 222 g/mol. The van der Waals surface area contributed by atoms with Crippen LogP contribution in [0.5, 0.6) is 5.75 Å². The quantitative estimate of drug-likeness (QED) is 0.745. The van der Waals surface area contributed by atoms with Crippen molar-refractivity contribution in [3.63, 3.8) is 0 Å². The molecule has 0 radical (unpaired) electrons. The summed E-state index contributed by atoms with van der Waals surface area (Å²) in [5.74, 6) is 0.189. The van der Waals surface area contributed by atoms with E-state index in [4.69, 9.17) is 15.6 Å². The van der Waals surface area contributed by atoms with E-state index in [0.29, 0.717) is 11.1 Å². The molecule has 0 aliphatic heterocycles. The molecule has 0 saturated heterocycles. The highest BCUT2D eigenvalue weighted by molar-refractivity contribution is 5.33. The monoisotopic (exact) mass is 222 g/mol. The van der Waals surface area contributed by atoms with Gasteiger partial charge in [-0.1, -0.05) is 18.2 Å². The minimum absolute atomic E-state index is 0.189. The van der Waals surface area contributed by atoms with Crippen molar-refractivity contribution < 1.29 is 5.11 Å². The molecule has 2 aromatic carbocycles. The van der Waals surface area contributed by atoms with Gasteiger partial charge in [0.05, 0.1) is 23.3 Å². The standard InChI is InChI=1S/C7H5NO.C7H5N/c8-5-6-1-3-7(9)4-2-6;8-6-7-4-2-1-3-5-7/h1-4,9H;1-5H. The molecule has 2 rings (SSSR count). The Labute approximate surface area is 99.8 Å². The fourth-order valence-electron chi connectivity index (χ4n) is 1.05. The molecular formula is C14H10N2O. The van der Waals surface area contributed by atoms with E-state index in [1.54, 1.807) is 24.3 Å². The van der Waals surface area contributed by atoms with Crippen LogP contribution in [0.4, 0.5) is 0 Å². The molecule has 0 spiro atoms. The van der Waals surface area contributed by atoms with E-state index in [-0.39, 0.29) is 5.75 Å². The summed E-state index contributed by atoms with van der Waals surface area (Å²) >= 11 is 0. The lowest BCUT2D eigenvalue weighted by Crippen LogP contribution is -1.69. The molecule has 1 N–H and O–H groups in total. The number of hydrogen-bond acceptors (Lipinski definition) is 3. The molecule has 0 amide bonds. The second-order valence-corrected chi connectivity index (χ2v) is 3.14. The highest BCUT2D eigenvalue weighted by atomic mass is 16.3. The van der Waals surface area contributed by atoms with Crippen molar-refractivity contribution in [3.8, 4) is 17.9 Å². The van der Waals surface area contributed by atoms with Crippen LogP contribution in [0.1, 0.15) is 11.1 Å². The average Bonchev–Trinajstić information content (AvgIpc) is 2.41. The normalized spacial score (nSPS) is 8.12. The molecule has 0 aliphatic rings. The van der Waals surface area contributed by atoms with Gasteiger partial charge in [0.25, 0.3) is 0 Å². The summed E-state index contributed by atoms with van der Waals surface area (Å²) in [4.78, 5) is 0. The molecular weight excluding hydrogens is 212 g/mol. The number of benzene rings is 2.